The van der Waals surface area contributed by atoms with Gasteiger partial charge in [-0.2, -0.15) is 5.26 Å². The molecular weight excluding hydrogens is 170 g/mol. The summed E-state index contributed by atoms with van der Waals surface area (Å²) < 4.78 is 0. The maximum absolute atomic E-state index is 9.33. The average molecular weight is 184 g/mol. The summed E-state index contributed by atoms with van der Waals surface area (Å²) in [4.78, 5) is 0. The lowest BCUT2D eigenvalue weighted by Crippen LogP contribution is -2.27. The van der Waals surface area contributed by atoms with E-state index in [1.165, 1.54) is 5.56 Å². The fraction of sp³-hybridized carbons (Fsp3) is 0.385. The number of rotatable bonds is 1. The van der Waals surface area contributed by atoms with Crippen LogP contribution in [0.4, 0.5) is 0 Å². The quantitative estimate of drug-likeness (QED) is 0.657. The molecule has 71 valence electrons. The molecule has 0 spiro atoms. The molecule has 1 aliphatic carbocycles. The topological polar surface area (TPSA) is 23.8 Å². The summed E-state index contributed by atoms with van der Waals surface area (Å²) in [5.41, 5.74) is 0.978. The highest BCUT2D eigenvalue weighted by molar-refractivity contribution is 5.33. The maximum Gasteiger partial charge on any atom is 0.0822 e. The van der Waals surface area contributed by atoms with Crippen LogP contribution in [0.5, 0.6) is 0 Å². The van der Waals surface area contributed by atoms with E-state index in [1.54, 1.807) is 0 Å². The van der Waals surface area contributed by atoms with Gasteiger partial charge in [-0.1, -0.05) is 30.3 Å². The fourth-order valence-electron chi connectivity index (χ4n) is 2.19. The predicted molar refractivity (Wildman–Crippen MR) is 56.5 cm³/mol. The first-order valence-corrected chi connectivity index (χ1v) is 5.16. The second-order valence-electron chi connectivity index (χ2n) is 3.93. The zero-order chi connectivity index (χ0) is 9.86. The molecule has 1 radical (unpaired) electrons. The van der Waals surface area contributed by atoms with Crippen LogP contribution in [-0.2, 0) is 5.41 Å². The zero-order valence-corrected chi connectivity index (χ0v) is 8.24. The van der Waals surface area contributed by atoms with Crippen LogP contribution < -0.4 is 0 Å². The van der Waals surface area contributed by atoms with Gasteiger partial charge in [0.05, 0.1) is 11.5 Å². The van der Waals surface area contributed by atoms with E-state index in [2.05, 4.69) is 24.6 Å². The van der Waals surface area contributed by atoms with Crippen molar-refractivity contribution in [2.45, 2.75) is 31.1 Å². The molecule has 0 unspecified atom stereocenters. The van der Waals surface area contributed by atoms with Gasteiger partial charge in [-0.05, 0) is 37.7 Å². The lowest BCUT2D eigenvalue weighted by atomic mass is 9.70. The molecule has 14 heavy (non-hydrogen) atoms. The number of nitriles is 1. The molecule has 0 bridgehead atoms. The molecule has 0 heterocycles. The van der Waals surface area contributed by atoms with Gasteiger partial charge >= 0.3 is 0 Å². The Morgan fingerprint density at radius 2 is 1.71 bits per heavy atom. The fourth-order valence-corrected chi connectivity index (χ4v) is 2.19. The predicted octanol–water partition coefficient (Wildman–Crippen LogP) is 3.23. The minimum atomic E-state index is -0.212. The van der Waals surface area contributed by atoms with E-state index >= 15 is 0 Å². The summed E-state index contributed by atoms with van der Waals surface area (Å²) in [5, 5.41) is 9.33. The molecule has 0 atom stereocenters. The summed E-state index contributed by atoms with van der Waals surface area (Å²) in [6.45, 7) is 0. The molecule has 1 aromatic carbocycles. The molecule has 1 aromatic rings. The van der Waals surface area contributed by atoms with Gasteiger partial charge < -0.3 is 0 Å². The van der Waals surface area contributed by atoms with Crippen molar-refractivity contribution in [3.63, 3.8) is 0 Å². The van der Waals surface area contributed by atoms with Crippen LogP contribution >= 0.6 is 0 Å². The Labute approximate surface area is 85.4 Å². The van der Waals surface area contributed by atoms with Gasteiger partial charge in [0.2, 0.25) is 0 Å². The van der Waals surface area contributed by atoms with E-state index in [4.69, 9.17) is 0 Å². The Balaban J connectivity index is 2.33. The minimum absolute atomic E-state index is 0.212. The van der Waals surface area contributed by atoms with Gasteiger partial charge in [-0.3, -0.25) is 0 Å². The largest absolute Gasteiger partial charge is 0.197 e. The molecule has 0 aromatic heterocycles. The number of benzene rings is 1. The van der Waals surface area contributed by atoms with Gasteiger partial charge in [0.25, 0.3) is 0 Å². The van der Waals surface area contributed by atoms with E-state index in [0.29, 0.717) is 0 Å². The van der Waals surface area contributed by atoms with Crippen LogP contribution in [0, 0.1) is 17.8 Å². The van der Waals surface area contributed by atoms with Gasteiger partial charge in [-0.15, -0.1) is 0 Å². The molecule has 0 N–H and O–H groups in total. The summed E-state index contributed by atoms with van der Waals surface area (Å²) in [5.74, 6) is 0. The van der Waals surface area contributed by atoms with Gasteiger partial charge in [0, 0.05) is 0 Å². The first-order chi connectivity index (χ1) is 6.87. The molecular formula is C13H14N. The summed E-state index contributed by atoms with van der Waals surface area (Å²) in [6, 6.07) is 12.7. The van der Waals surface area contributed by atoms with Gasteiger partial charge in [-0.25, -0.2) is 0 Å². The smallest absolute Gasteiger partial charge is 0.0822 e. The minimum Gasteiger partial charge on any atom is -0.197 e. The molecule has 1 heteroatoms. The summed E-state index contributed by atoms with van der Waals surface area (Å²) >= 11 is 0. The van der Waals surface area contributed by atoms with E-state index in [9.17, 15) is 5.26 Å². The van der Waals surface area contributed by atoms with Crippen LogP contribution in [0.3, 0.4) is 0 Å². The van der Waals surface area contributed by atoms with Crippen molar-refractivity contribution in [2.75, 3.05) is 0 Å². The molecule has 1 nitrogen and oxygen atoms in total. The first-order valence-electron chi connectivity index (χ1n) is 5.16. The van der Waals surface area contributed by atoms with Crippen LogP contribution in [0.15, 0.2) is 30.3 Å². The lowest BCUT2D eigenvalue weighted by Gasteiger charge is -2.30. The normalized spacial score (nSPS) is 19.9. The monoisotopic (exact) mass is 184 g/mol. The Hall–Kier alpha value is -1.29. The van der Waals surface area contributed by atoms with Crippen LogP contribution in [0.1, 0.15) is 31.2 Å². The number of nitrogens with zero attached hydrogens (tertiary/aromatic N) is 1. The van der Waals surface area contributed by atoms with Gasteiger partial charge in [0.1, 0.15) is 0 Å². The van der Waals surface area contributed by atoms with E-state index in [1.807, 2.05) is 18.2 Å². The first kappa shape index (κ1) is 9.27. The van der Waals surface area contributed by atoms with Crippen LogP contribution in [-0.4, -0.2) is 0 Å². The number of hydrogen-bond donors (Lipinski definition) is 0. The molecule has 0 aliphatic heterocycles. The van der Waals surface area contributed by atoms with E-state index in [0.717, 1.165) is 25.7 Å². The van der Waals surface area contributed by atoms with Crippen molar-refractivity contribution < 1.29 is 0 Å². The molecule has 1 fully saturated rings. The third-order valence-electron chi connectivity index (χ3n) is 3.09. The zero-order valence-electron chi connectivity index (χ0n) is 8.24. The third-order valence-corrected chi connectivity index (χ3v) is 3.09. The van der Waals surface area contributed by atoms with Crippen molar-refractivity contribution in [3.05, 3.63) is 42.3 Å². The Morgan fingerprint density at radius 3 is 2.29 bits per heavy atom. The lowest BCUT2D eigenvalue weighted by molar-refractivity contribution is 0.416. The Bertz CT molecular complexity index is 328. The average Bonchev–Trinajstić information content (AvgIpc) is 2.31. The Morgan fingerprint density at radius 1 is 1.07 bits per heavy atom. The highest BCUT2D eigenvalue weighted by atomic mass is 14.4. The highest BCUT2D eigenvalue weighted by Gasteiger charge is 2.33. The summed E-state index contributed by atoms with van der Waals surface area (Å²) in [7, 11) is 0. The SMILES string of the molecule is N#CC1(c2ccccc2)CC[CH]CC1. The number of hydrogen-bond acceptors (Lipinski definition) is 1. The van der Waals surface area contributed by atoms with E-state index < -0.39 is 0 Å². The molecule has 1 saturated carbocycles. The van der Waals surface area contributed by atoms with Crippen molar-refractivity contribution in [3.8, 4) is 6.07 Å². The molecule has 0 amide bonds. The second kappa shape index (κ2) is 3.84. The van der Waals surface area contributed by atoms with Crippen molar-refractivity contribution in [2.24, 2.45) is 0 Å². The van der Waals surface area contributed by atoms with Crippen LogP contribution in [0.2, 0.25) is 0 Å². The summed E-state index contributed by atoms with van der Waals surface area (Å²) in [6.07, 6.45) is 6.39. The van der Waals surface area contributed by atoms with Gasteiger partial charge in [0.15, 0.2) is 0 Å². The molecule has 2 rings (SSSR count). The Kier molecular flexibility index (Phi) is 2.54. The second-order valence-corrected chi connectivity index (χ2v) is 3.93. The third kappa shape index (κ3) is 1.53. The standard InChI is InChI=1S/C13H14N/c14-11-13(9-5-2-6-10-13)12-7-3-1-4-8-12/h1-4,7-8H,5-6,9-10H2. The highest BCUT2D eigenvalue weighted by Crippen LogP contribution is 2.38. The van der Waals surface area contributed by atoms with Crippen LogP contribution in [0.25, 0.3) is 0 Å². The molecule has 1 aliphatic rings. The van der Waals surface area contributed by atoms with Crippen molar-refractivity contribution in [1.29, 1.82) is 5.26 Å². The molecule has 0 saturated heterocycles. The van der Waals surface area contributed by atoms with Crippen molar-refractivity contribution >= 4 is 0 Å². The maximum atomic E-state index is 9.33. The van der Waals surface area contributed by atoms with E-state index in [-0.39, 0.29) is 5.41 Å². The van der Waals surface area contributed by atoms with Crippen molar-refractivity contribution in [1.82, 2.24) is 0 Å².